The number of nitrogens with one attached hydrogen (secondary N) is 2. The van der Waals surface area contributed by atoms with E-state index in [1.807, 2.05) is 0 Å². The summed E-state index contributed by atoms with van der Waals surface area (Å²) in [5.41, 5.74) is 1.71. The molecule has 0 aromatic heterocycles. The van der Waals surface area contributed by atoms with E-state index in [4.69, 9.17) is 4.74 Å². The van der Waals surface area contributed by atoms with Crippen LogP contribution in [0.25, 0.3) is 0 Å². The van der Waals surface area contributed by atoms with Crippen molar-refractivity contribution in [2.75, 3.05) is 17.2 Å². The highest BCUT2D eigenvalue weighted by molar-refractivity contribution is 6.00. The average molecular weight is 316 g/mol. The number of esters is 1. The van der Waals surface area contributed by atoms with Gasteiger partial charge in [-0.25, -0.2) is 14.0 Å². The third kappa shape index (κ3) is 4.54. The molecule has 0 heterocycles. The number of carbonyl (C=O) groups is 2. The fraction of sp³-hybridized carbons (Fsp3) is 0.176. The normalized spacial score (nSPS) is 10.0. The van der Waals surface area contributed by atoms with E-state index in [0.717, 1.165) is 0 Å². The molecule has 0 bridgehead atoms. The number of anilines is 2. The van der Waals surface area contributed by atoms with Crippen LogP contribution >= 0.6 is 0 Å². The topological polar surface area (TPSA) is 67.4 Å². The van der Waals surface area contributed by atoms with Gasteiger partial charge in [0.05, 0.1) is 12.2 Å². The van der Waals surface area contributed by atoms with Gasteiger partial charge in [-0.15, -0.1) is 0 Å². The van der Waals surface area contributed by atoms with E-state index >= 15 is 0 Å². The monoisotopic (exact) mass is 316 g/mol. The lowest BCUT2D eigenvalue weighted by Gasteiger charge is -2.09. The van der Waals surface area contributed by atoms with Crippen LogP contribution in [0.3, 0.4) is 0 Å². The zero-order valence-corrected chi connectivity index (χ0v) is 12.9. The van der Waals surface area contributed by atoms with Crippen molar-refractivity contribution in [3.05, 3.63) is 59.4 Å². The minimum atomic E-state index is -0.489. The molecule has 2 aromatic rings. The molecule has 0 radical (unpaired) electrons. The molecule has 120 valence electrons. The van der Waals surface area contributed by atoms with E-state index in [2.05, 4.69) is 10.6 Å². The highest BCUT2D eigenvalue weighted by atomic mass is 19.1. The third-order valence-corrected chi connectivity index (χ3v) is 3.05. The minimum Gasteiger partial charge on any atom is -0.462 e. The molecule has 0 aliphatic carbocycles. The first-order chi connectivity index (χ1) is 11.0. The molecule has 0 unspecified atom stereocenters. The number of ether oxygens (including phenoxy) is 1. The van der Waals surface area contributed by atoms with E-state index in [1.54, 1.807) is 32.0 Å². The Labute approximate surface area is 133 Å². The van der Waals surface area contributed by atoms with Crippen molar-refractivity contribution in [1.29, 1.82) is 0 Å². The van der Waals surface area contributed by atoms with Gasteiger partial charge >= 0.3 is 12.0 Å². The predicted molar refractivity (Wildman–Crippen MR) is 86.2 cm³/mol. The number of amides is 2. The van der Waals surface area contributed by atoms with Crippen LogP contribution in [0.2, 0.25) is 0 Å². The molecule has 0 aliphatic rings. The van der Waals surface area contributed by atoms with Gasteiger partial charge in [-0.3, -0.25) is 0 Å². The van der Waals surface area contributed by atoms with E-state index in [9.17, 15) is 14.0 Å². The fourth-order valence-electron chi connectivity index (χ4n) is 1.95. The Morgan fingerprint density at radius 1 is 1.09 bits per heavy atom. The van der Waals surface area contributed by atoms with Gasteiger partial charge in [0.15, 0.2) is 0 Å². The van der Waals surface area contributed by atoms with Gasteiger partial charge in [-0.1, -0.05) is 6.07 Å². The van der Waals surface area contributed by atoms with Crippen LogP contribution in [-0.2, 0) is 4.74 Å². The molecule has 5 nitrogen and oxygen atoms in total. The lowest BCUT2D eigenvalue weighted by molar-refractivity contribution is 0.0526. The van der Waals surface area contributed by atoms with Crippen molar-refractivity contribution in [2.45, 2.75) is 13.8 Å². The van der Waals surface area contributed by atoms with Crippen molar-refractivity contribution in [2.24, 2.45) is 0 Å². The number of benzene rings is 2. The summed E-state index contributed by atoms with van der Waals surface area (Å²) in [5.74, 6) is -0.788. The number of hydrogen-bond acceptors (Lipinski definition) is 3. The number of hydrogen-bond donors (Lipinski definition) is 2. The molecule has 2 aromatic carbocycles. The van der Waals surface area contributed by atoms with Gasteiger partial charge in [-0.05, 0) is 55.8 Å². The fourth-order valence-corrected chi connectivity index (χ4v) is 1.95. The largest absolute Gasteiger partial charge is 0.462 e. The Balaban J connectivity index is 2.03. The molecular formula is C17H17FN2O3. The molecule has 0 spiro atoms. The third-order valence-electron chi connectivity index (χ3n) is 3.05. The van der Waals surface area contributed by atoms with Gasteiger partial charge in [0.2, 0.25) is 0 Å². The zero-order valence-electron chi connectivity index (χ0n) is 12.9. The summed E-state index contributed by atoms with van der Waals surface area (Å²) >= 11 is 0. The maximum absolute atomic E-state index is 13.2. The van der Waals surface area contributed by atoms with E-state index in [1.165, 1.54) is 24.3 Å². The van der Waals surface area contributed by atoms with Gasteiger partial charge in [0, 0.05) is 11.4 Å². The van der Waals surface area contributed by atoms with Crippen molar-refractivity contribution in [1.82, 2.24) is 0 Å². The molecule has 0 saturated heterocycles. The Bertz CT molecular complexity index is 732. The predicted octanol–water partition coefficient (Wildman–Crippen LogP) is 3.95. The number of rotatable bonds is 4. The molecule has 2 N–H and O–H groups in total. The summed E-state index contributed by atoms with van der Waals surface area (Å²) < 4.78 is 18.1. The Morgan fingerprint density at radius 3 is 2.43 bits per heavy atom. The molecule has 0 fully saturated rings. The number of aryl methyl sites for hydroxylation is 1. The summed E-state index contributed by atoms with van der Waals surface area (Å²) in [6.45, 7) is 3.61. The van der Waals surface area contributed by atoms with Gasteiger partial charge in [0.1, 0.15) is 5.82 Å². The maximum atomic E-state index is 13.2. The summed E-state index contributed by atoms with van der Waals surface area (Å²) in [4.78, 5) is 23.6. The van der Waals surface area contributed by atoms with Crippen molar-refractivity contribution < 1.29 is 18.7 Å². The van der Waals surface area contributed by atoms with Crippen molar-refractivity contribution in [3.8, 4) is 0 Å². The Kier molecular flexibility index (Phi) is 5.30. The molecule has 2 rings (SSSR count). The second-order valence-electron chi connectivity index (χ2n) is 4.84. The smallest absolute Gasteiger partial charge is 0.338 e. The van der Waals surface area contributed by atoms with Crippen LogP contribution < -0.4 is 10.6 Å². The SMILES string of the molecule is CCOC(=O)c1cccc(NC(=O)Nc2ccc(F)c(C)c2)c1. The lowest BCUT2D eigenvalue weighted by Crippen LogP contribution is -2.19. The second-order valence-corrected chi connectivity index (χ2v) is 4.84. The number of halogens is 1. The van der Waals surface area contributed by atoms with Gasteiger partial charge < -0.3 is 15.4 Å². The van der Waals surface area contributed by atoms with Gasteiger partial charge in [0.25, 0.3) is 0 Å². The van der Waals surface area contributed by atoms with Crippen LogP contribution in [0, 0.1) is 12.7 Å². The second kappa shape index (κ2) is 7.40. The summed E-state index contributed by atoms with van der Waals surface area (Å²) in [5, 5.41) is 5.21. The van der Waals surface area contributed by atoms with Crippen LogP contribution in [0.15, 0.2) is 42.5 Å². The summed E-state index contributed by atoms with van der Waals surface area (Å²) in [6.07, 6.45) is 0. The standard InChI is InChI=1S/C17H17FN2O3/c1-3-23-16(21)12-5-4-6-13(10-12)19-17(22)20-14-7-8-15(18)11(2)9-14/h4-10H,3H2,1-2H3,(H2,19,20,22). The van der Waals surface area contributed by atoms with E-state index < -0.39 is 12.0 Å². The van der Waals surface area contributed by atoms with E-state index in [0.29, 0.717) is 22.5 Å². The van der Waals surface area contributed by atoms with E-state index in [-0.39, 0.29) is 12.4 Å². The van der Waals surface area contributed by atoms with Crippen LogP contribution in [-0.4, -0.2) is 18.6 Å². The highest BCUT2D eigenvalue weighted by Crippen LogP contribution is 2.15. The molecule has 0 saturated carbocycles. The minimum absolute atomic E-state index is 0.279. The van der Waals surface area contributed by atoms with Crippen molar-refractivity contribution >= 4 is 23.4 Å². The first-order valence-corrected chi connectivity index (χ1v) is 7.11. The van der Waals surface area contributed by atoms with Crippen LogP contribution in [0.1, 0.15) is 22.8 Å². The molecule has 0 atom stereocenters. The van der Waals surface area contributed by atoms with Gasteiger partial charge in [-0.2, -0.15) is 0 Å². The molecule has 0 aliphatic heterocycles. The first-order valence-electron chi connectivity index (χ1n) is 7.11. The molecule has 2 amide bonds. The molecule has 6 heteroatoms. The molecule has 23 heavy (non-hydrogen) atoms. The Hall–Kier alpha value is -2.89. The summed E-state index contributed by atoms with van der Waals surface area (Å²) in [7, 11) is 0. The molecular weight excluding hydrogens is 299 g/mol. The highest BCUT2D eigenvalue weighted by Gasteiger charge is 2.09. The van der Waals surface area contributed by atoms with Crippen molar-refractivity contribution in [3.63, 3.8) is 0 Å². The average Bonchev–Trinajstić information content (AvgIpc) is 2.51. The number of urea groups is 1. The number of carbonyl (C=O) groups excluding carboxylic acids is 2. The quantitative estimate of drug-likeness (QED) is 0.839. The maximum Gasteiger partial charge on any atom is 0.338 e. The summed E-state index contributed by atoms with van der Waals surface area (Å²) in [6, 6.07) is 10.2. The lowest BCUT2D eigenvalue weighted by atomic mass is 10.2. The first kappa shape index (κ1) is 16.5. The zero-order chi connectivity index (χ0) is 16.8. The van der Waals surface area contributed by atoms with Crippen LogP contribution in [0.5, 0.6) is 0 Å². The Morgan fingerprint density at radius 2 is 1.78 bits per heavy atom. The van der Waals surface area contributed by atoms with Crippen LogP contribution in [0.4, 0.5) is 20.6 Å².